The van der Waals surface area contributed by atoms with Crippen LogP contribution < -0.4 is 0 Å². The molecule has 0 aromatic heterocycles. The number of nitrogens with zero attached hydrogens (tertiary/aromatic N) is 1. The monoisotopic (exact) mass is 373 g/mol. The summed E-state index contributed by atoms with van der Waals surface area (Å²) in [6, 6.07) is 6.28. The molecule has 1 saturated heterocycles. The van der Waals surface area contributed by atoms with E-state index in [-0.39, 0.29) is 12.5 Å². The smallest absolute Gasteiger partial charge is 0.303 e. The van der Waals surface area contributed by atoms with Gasteiger partial charge in [0, 0.05) is 28.5 Å². The van der Waals surface area contributed by atoms with Crippen LogP contribution in [0.15, 0.2) is 22.7 Å². The molecule has 1 N–H and O–H groups in total. The molecule has 0 bridgehead atoms. The number of aliphatic carboxylic acids is 1. The maximum absolute atomic E-state index is 10.7. The second kappa shape index (κ2) is 7.61. The Kier molecular flexibility index (Phi) is 6.08. The highest BCUT2D eigenvalue weighted by molar-refractivity contribution is 9.10. The molecule has 116 valence electrons. The minimum atomic E-state index is -0.698. The predicted molar refractivity (Wildman–Crippen MR) is 88.7 cm³/mol. The summed E-state index contributed by atoms with van der Waals surface area (Å²) in [6.07, 6.45) is 3.30. The molecule has 5 heteroatoms. The van der Waals surface area contributed by atoms with E-state index in [9.17, 15) is 4.79 Å². The van der Waals surface area contributed by atoms with Gasteiger partial charge < -0.3 is 5.11 Å². The van der Waals surface area contributed by atoms with Crippen LogP contribution in [0.4, 0.5) is 0 Å². The first-order valence-electron chi connectivity index (χ1n) is 7.38. The number of carboxylic acid groups (broad SMARTS) is 1. The van der Waals surface area contributed by atoms with Gasteiger partial charge in [0.25, 0.3) is 0 Å². The fourth-order valence-electron chi connectivity index (χ4n) is 3.05. The number of likely N-dealkylation sites (tertiary alicyclic amines) is 1. The number of hydrogen-bond donors (Lipinski definition) is 1. The first-order valence-corrected chi connectivity index (χ1v) is 8.55. The first-order chi connectivity index (χ1) is 9.97. The largest absolute Gasteiger partial charge is 0.481 e. The van der Waals surface area contributed by atoms with Crippen molar-refractivity contribution in [1.82, 2.24) is 4.90 Å². The van der Waals surface area contributed by atoms with E-state index >= 15 is 0 Å². The van der Waals surface area contributed by atoms with Gasteiger partial charge in [-0.3, -0.25) is 9.69 Å². The Bertz CT molecular complexity index is 509. The number of halogens is 2. The molecule has 21 heavy (non-hydrogen) atoms. The molecule has 1 aromatic carbocycles. The zero-order valence-corrected chi connectivity index (χ0v) is 14.5. The summed E-state index contributed by atoms with van der Waals surface area (Å²) < 4.78 is 0.987. The number of carboxylic acids is 1. The average molecular weight is 375 g/mol. The fraction of sp³-hybridized carbons (Fsp3) is 0.562. The zero-order chi connectivity index (χ0) is 15.4. The van der Waals surface area contributed by atoms with Crippen LogP contribution in [0, 0.1) is 5.92 Å². The van der Waals surface area contributed by atoms with Gasteiger partial charge in [-0.1, -0.05) is 33.6 Å². The third-order valence-electron chi connectivity index (χ3n) is 4.28. The lowest BCUT2D eigenvalue weighted by Gasteiger charge is -2.37. The Hall–Kier alpha value is -0.580. The molecule has 1 aliphatic heterocycles. The van der Waals surface area contributed by atoms with E-state index in [0.29, 0.717) is 5.92 Å². The summed E-state index contributed by atoms with van der Waals surface area (Å²) in [5, 5.41) is 9.61. The van der Waals surface area contributed by atoms with E-state index in [1.165, 1.54) is 0 Å². The Labute approximate surface area is 139 Å². The molecular weight excluding hydrogens is 354 g/mol. The van der Waals surface area contributed by atoms with Gasteiger partial charge in [0.15, 0.2) is 0 Å². The Balaban J connectivity index is 2.01. The summed E-state index contributed by atoms with van der Waals surface area (Å²) >= 11 is 9.78. The highest BCUT2D eigenvalue weighted by Gasteiger charge is 2.25. The van der Waals surface area contributed by atoms with Crippen molar-refractivity contribution < 1.29 is 9.90 Å². The van der Waals surface area contributed by atoms with Crippen molar-refractivity contribution in [1.29, 1.82) is 0 Å². The average Bonchev–Trinajstić information content (AvgIpc) is 2.45. The van der Waals surface area contributed by atoms with Gasteiger partial charge in [0.05, 0.1) is 0 Å². The molecule has 1 fully saturated rings. The maximum Gasteiger partial charge on any atom is 0.303 e. The number of carbonyl (C=O) groups is 1. The maximum atomic E-state index is 10.7. The van der Waals surface area contributed by atoms with Crippen LogP contribution >= 0.6 is 27.5 Å². The molecule has 2 rings (SSSR count). The van der Waals surface area contributed by atoms with Gasteiger partial charge >= 0.3 is 5.97 Å². The van der Waals surface area contributed by atoms with Crippen LogP contribution in [-0.2, 0) is 4.79 Å². The van der Waals surface area contributed by atoms with Gasteiger partial charge in [-0.05, 0) is 56.3 Å². The standard InChI is InChI=1S/C16H21BrClNO2/c1-11(14-6-5-13(17)9-15(14)18)19-8-2-3-12(10-19)4-7-16(20)21/h5-6,9,11-12H,2-4,7-8,10H2,1H3,(H,20,21). The van der Waals surface area contributed by atoms with Crippen LogP contribution in [0.1, 0.15) is 44.2 Å². The van der Waals surface area contributed by atoms with Crippen LogP contribution in [-0.4, -0.2) is 29.1 Å². The van der Waals surface area contributed by atoms with Crippen molar-refractivity contribution in [3.63, 3.8) is 0 Å². The van der Waals surface area contributed by atoms with Crippen molar-refractivity contribution in [3.8, 4) is 0 Å². The molecule has 0 saturated carbocycles. The lowest BCUT2D eigenvalue weighted by molar-refractivity contribution is -0.137. The summed E-state index contributed by atoms with van der Waals surface area (Å²) in [5.74, 6) is -0.220. The van der Waals surface area contributed by atoms with E-state index < -0.39 is 5.97 Å². The number of hydrogen-bond acceptors (Lipinski definition) is 2. The third kappa shape index (κ3) is 4.70. The third-order valence-corrected chi connectivity index (χ3v) is 5.10. The summed E-state index contributed by atoms with van der Waals surface area (Å²) in [7, 11) is 0. The van der Waals surface area contributed by atoms with E-state index in [4.69, 9.17) is 16.7 Å². The van der Waals surface area contributed by atoms with Crippen LogP contribution in [0.2, 0.25) is 5.02 Å². The summed E-state index contributed by atoms with van der Waals surface area (Å²) in [4.78, 5) is 13.1. The van der Waals surface area contributed by atoms with E-state index in [0.717, 1.165) is 47.4 Å². The Morgan fingerprint density at radius 2 is 2.33 bits per heavy atom. The molecule has 1 aliphatic rings. The van der Waals surface area contributed by atoms with Gasteiger partial charge in [-0.15, -0.1) is 0 Å². The van der Waals surface area contributed by atoms with Gasteiger partial charge in [-0.2, -0.15) is 0 Å². The second-order valence-electron chi connectivity index (χ2n) is 5.78. The molecule has 3 nitrogen and oxygen atoms in total. The number of rotatable bonds is 5. The predicted octanol–water partition coefficient (Wildman–Crippen LogP) is 4.74. The molecule has 2 unspecified atom stereocenters. The molecule has 0 spiro atoms. The molecular formula is C16H21BrClNO2. The van der Waals surface area contributed by atoms with E-state index in [2.05, 4.69) is 33.8 Å². The lowest BCUT2D eigenvalue weighted by Crippen LogP contribution is -2.37. The molecule has 1 aromatic rings. The highest BCUT2D eigenvalue weighted by atomic mass is 79.9. The number of piperidine rings is 1. The van der Waals surface area contributed by atoms with Crippen molar-refractivity contribution >= 4 is 33.5 Å². The van der Waals surface area contributed by atoms with Crippen molar-refractivity contribution in [2.75, 3.05) is 13.1 Å². The van der Waals surface area contributed by atoms with E-state index in [1.807, 2.05) is 12.1 Å². The fourth-order valence-corrected chi connectivity index (χ4v) is 3.88. The summed E-state index contributed by atoms with van der Waals surface area (Å²) in [5.41, 5.74) is 1.14. The Morgan fingerprint density at radius 3 is 3.00 bits per heavy atom. The SMILES string of the molecule is CC(c1ccc(Br)cc1Cl)N1CCCC(CCC(=O)O)C1. The van der Waals surface area contributed by atoms with E-state index in [1.54, 1.807) is 0 Å². The van der Waals surface area contributed by atoms with Crippen LogP contribution in [0.25, 0.3) is 0 Å². The zero-order valence-electron chi connectivity index (χ0n) is 12.2. The first kappa shape index (κ1) is 16.8. The highest BCUT2D eigenvalue weighted by Crippen LogP contribution is 2.33. The van der Waals surface area contributed by atoms with Crippen molar-refractivity contribution in [2.24, 2.45) is 5.92 Å². The number of benzene rings is 1. The Morgan fingerprint density at radius 1 is 1.57 bits per heavy atom. The van der Waals surface area contributed by atoms with Crippen LogP contribution in [0.5, 0.6) is 0 Å². The van der Waals surface area contributed by atoms with Crippen molar-refractivity contribution in [3.05, 3.63) is 33.3 Å². The normalized spacial score (nSPS) is 21.2. The minimum Gasteiger partial charge on any atom is -0.481 e. The second-order valence-corrected chi connectivity index (χ2v) is 7.10. The minimum absolute atomic E-state index is 0.262. The van der Waals surface area contributed by atoms with Crippen LogP contribution in [0.3, 0.4) is 0 Å². The molecule has 0 aliphatic carbocycles. The van der Waals surface area contributed by atoms with Crippen molar-refractivity contribution in [2.45, 2.75) is 38.6 Å². The summed E-state index contributed by atoms with van der Waals surface area (Å²) in [6.45, 7) is 4.19. The van der Waals surface area contributed by atoms with Gasteiger partial charge in [-0.25, -0.2) is 0 Å². The van der Waals surface area contributed by atoms with Gasteiger partial charge in [0.1, 0.15) is 0 Å². The molecule has 0 amide bonds. The molecule has 0 radical (unpaired) electrons. The quantitative estimate of drug-likeness (QED) is 0.809. The van der Waals surface area contributed by atoms with Gasteiger partial charge in [0.2, 0.25) is 0 Å². The topological polar surface area (TPSA) is 40.5 Å². The lowest BCUT2D eigenvalue weighted by atomic mass is 9.91. The molecule has 1 heterocycles. The molecule has 2 atom stereocenters.